The number of hydrogen-bond acceptors (Lipinski definition) is 3. The van der Waals surface area contributed by atoms with Crippen LogP contribution >= 0.6 is 15.9 Å². The molecule has 2 aliphatic rings. The maximum Gasteiger partial charge on any atom is 0.282 e. The molecule has 1 aliphatic heterocycles. The first-order valence-corrected chi connectivity index (χ1v) is 7.87. The minimum atomic E-state index is -0.0515. The lowest BCUT2D eigenvalue weighted by Crippen LogP contribution is -2.36. The van der Waals surface area contributed by atoms with Gasteiger partial charge in [0.2, 0.25) is 0 Å². The zero-order valence-electron chi connectivity index (χ0n) is 11.5. The Labute approximate surface area is 121 Å². The number of rotatable bonds is 1. The lowest BCUT2D eigenvalue weighted by molar-refractivity contribution is 0.293. The molecule has 2 heterocycles. The van der Waals surface area contributed by atoms with Crippen molar-refractivity contribution in [3.8, 4) is 0 Å². The number of hydrogen-bond donors (Lipinski definition) is 0. The van der Waals surface area contributed by atoms with Crippen molar-refractivity contribution < 1.29 is 0 Å². The third kappa shape index (κ3) is 2.12. The van der Waals surface area contributed by atoms with E-state index in [1.807, 2.05) is 6.20 Å². The Morgan fingerprint density at radius 2 is 2.11 bits per heavy atom. The molecule has 104 valence electrons. The molecule has 3 rings (SSSR count). The number of aromatic nitrogens is 2. The monoisotopic (exact) mass is 325 g/mol. The van der Waals surface area contributed by atoms with Crippen LogP contribution in [0.1, 0.15) is 32.6 Å². The minimum Gasteiger partial charge on any atom is -0.366 e. The summed E-state index contributed by atoms with van der Waals surface area (Å²) in [4.78, 5) is 14.4. The van der Waals surface area contributed by atoms with Gasteiger partial charge >= 0.3 is 0 Å². The Balaban J connectivity index is 1.98. The van der Waals surface area contributed by atoms with E-state index in [-0.39, 0.29) is 5.56 Å². The van der Waals surface area contributed by atoms with Crippen molar-refractivity contribution in [2.24, 2.45) is 18.9 Å². The molecule has 5 heteroatoms. The summed E-state index contributed by atoms with van der Waals surface area (Å²) < 4.78 is 2.04. The van der Waals surface area contributed by atoms with Crippen molar-refractivity contribution in [1.82, 2.24) is 9.78 Å². The van der Waals surface area contributed by atoms with Crippen molar-refractivity contribution in [1.29, 1.82) is 0 Å². The van der Waals surface area contributed by atoms with Gasteiger partial charge in [0, 0.05) is 19.6 Å². The van der Waals surface area contributed by atoms with E-state index in [2.05, 4.69) is 32.9 Å². The molecule has 4 nitrogen and oxygen atoms in total. The average Bonchev–Trinajstić information content (AvgIpc) is 2.74. The average molecular weight is 326 g/mol. The zero-order chi connectivity index (χ0) is 13.6. The number of halogens is 1. The van der Waals surface area contributed by atoms with Crippen LogP contribution in [0.2, 0.25) is 0 Å². The van der Waals surface area contributed by atoms with Crippen LogP contribution in [0, 0.1) is 11.8 Å². The highest BCUT2D eigenvalue weighted by atomic mass is 79.9. The van der Waals surface area contributed by atoms with Gasteiger partial charge < -0.3 is 4.90 Å². The molecule has 0 radical (unpaired) electrons. The SMILES string of the molecule is CC1CN(c2cnn(C)c(=O)c2Br)C2CCCCC12. The van der Waals surface area contributed by atoms with E-state index in [0.29, 0.717) is 16.4 Å². The summed E-state index contributed by atoms with van der Waals surface area (Å²) in [5.41, 5.74) is 0.925. The summed E-state index contributed by atoms with van der Waals surface area (Å²) in [7, 11) is 1.69. The Morgan fingerprint density at radius 3 is 2.89 bits per heavy atom. The second-order valence-electron chi connectivity index (χ2n) is 5.92. The van der Waals surface area contributed by atoms with Gasteiger partial charge in [-0.25, -0.2) is 4.68 Å². The van der Waals surface area contributed by atoms with Crippen molar-refractivity contribution in [2.75, 3.05) is 11.4 Å². The van der Waals surface area contributed by atoms with Crippen LogP contribution in [0.4, 0.5) is 5.69 Å². The molecule has 1 aromatic rings. The third-order valence-electron chi connectivity index (χ3n) is 4.77. The summed E-state index contributed by atoms with van der Waals surface area (Å²) in [6.07, 6.45) is 7.07. The Kier molecular flexibility index (Phi) is 3.41. The molecule has 0 amide bonds. The second kappa shape index (κ2) is 4.93. The molecule has 3 atom stereocenters. The zero-order valence-corrected chi connectivity index (χ0v) is 13.1. The molecule has 2 fully saturated rings. The van der Waals surface area contributed by atoms with Crippen LogP contribution in [0.15, 0.2) is 15.5 Å². The standard InChI is InChI=1S/C14H20BrN3O/c1-9-8-18(11-6-4-3-5-10(9)11)12-7-16-17(2)14(19)13(12)15/h7,9-11H,3-6,8H2,1-2H3. The highest BCUT2D eigenvalue weighted by molar-refractivity contribution is 9.10. The van der Waals surface area contributed by atoms with Gasteiger partial charge in [-0.1, -0.05) is 19.8 Å². The fraction of sp³-hybridized carbons (Fsp3) is 0.714. The van der Waals surface area contributed by atoms with E-state index in [9.17, 15) is 4.79 Å². The second-order valence-corrected chi connectivity index (χ2v) is 6.71. The van der Waals surface area contributed by atoms with Gasteiger partial charge in [-0.3, -0.25) is 4.79 Å². The molecule has 0 N–H and O–H groups in total. The fourth-order valence-electron chi connectivity index (χ4n) is 3.75. The van der Waals surface area contributed by atoms with Gasteiger partial charge in [-0.05, 0) is 40.6 Å². The number of nitrogens with zero attached hydrogens (tertiary/aromatic N) is 3. The predicted octanol–water partition coefficient (Wildman–Crippen LogP) is 2.56. The molecule has 1 aromatic heterocycles. The normalized spacial score (nSPS) is 30.5. The topological polar surface area (TPSA) is 38.1 Å². The first-order chi connectivity index (χ1) is 9.09. The maximum atomic E-state index is 12.0. The lowest BCUT2D eigenvalue weighted by atomic mass is 9.80. The molecular weight excluding hydrogens is 306 g/mol. The third-order valence-corrected chi connectivity index (χ3v) is 5.51. The Bertz CT molecular complexity index is 542. The van der Waals surface area contributed by atoms with Crippen LogP contribution in [0.5, 0.6) is 0 Å². The van der Waals surface area contributed by atoms with Gasteiger partial charge in [0.15, 0.2) is 0 Å². The Hall–Kier alpha value is -0.840. The minimum absolute atomic E-state index is 0.0515. The summed E-state index contributed by atoms with van der Waals surface area (Å²) in [6, 6.07) is 0.592. The van der Waals surface area contributed by atoms with E-state index in [1.165, 1.54) is 30.4 Å². The van der Waals surface area contributed by atoms with Crippen LogP contribution in [-0.4, -0.2) is 22.4 Å². The van der Waals surface area contributed by atoms with Crippen LogP contribution in [0.3, 0.4) is 0 Å². The first kappa shape index (κ1) is 13.2. The smallest absolute Gasteiger partial charge is 0.282 e. The van der Waals surface area contributed by atoms with Gasteiger partial charge in [0.25, 0.3) is 5.56 Å². The van der Waals surface area contributed by atoms with Gasteiger partial charge in [-0.15, -0.1) is 0 Å². The quantitative estimate of drug-likeness (QED) is 0.796. The molecule has 0 aromatic carbocycles. The lowest BCUT2D eigenvalue weighted by Gasteiger charge is -2.33. The maximum absolute atomic E-state index is 12.0. The Morgan fingerprint density at radius 1 is 1.37 bits per heavy atom. The molecular formula is C14H20BrN3O. The van der Waals surface area contributed by atoms with Gasteiger partial charge in [0.05, 0.1) is 11.9 Å². The molecule has 1 aliphatic carbocycles. The summed E-state index contributed by atoms with van der Waals surface area (Å²) in [5, 5.41) is 4.18. The number of fused-ring (bicyclic) bond motifs is 1. The van der Waals surface area contributed by atoms with E-state index in [4.69, 9.17) is 0 Å². The van der Waals surface area contributed by atoms with E-state index in [0.717, 1.165) is 18.2 Å². The molecule has 0 spiro atoms. The highest BCUT2D eigenvalue weighted by Gasteiger charge is 2.41. The first-order valence-electron chi connectivity index (χ1n) is 7.08. The molecule has 19 heavy (non-hydrogen) atoms. The molecule has 1 saturated heterocycles. The van der Waals surface area contributed by atoms with E-state index in [1.54, 1.807) is 7.05 Å². The summed E-state index contributed by atoms with van der Waals surface area (Å²) in [6.45, 7) is 3.38. The largest absolute Gasteiger partial charge is 0.366 e. The van der Waals surface area contributed by atoms with Gasteiger partial charge in [-0.2, -0.15) is 5.10 Å². The number of aryl methyl sites for hydroxylation is 1. The van der Waals surface area contributed by atoms with E-state index >= 15 is 0 Å². The fourth-order valence-corrected chi connectivity index (χ4v) is 4.34. The van der Waals surface area contributed by atoms with Crippen LogP contribution < -0.4 is 10.5 Å². The van der Waals surface area contributed by atoms with Crippen molar-refractivity contribution in [3.05, 3.63) is 21.0 Å². The molecule has 0 bridgehead atoms. The molecule has 3 unspecified atom stereocenters. The van der Waals surface area contributed by atoms with Crippen molar-refractivity contribution in [2.45, 2.75) is 38.6 Å². The number of anilines is 1. The van der Waals surface area contributed by atoms with Gasteiger partial charge in [0.1, 0.15) is 4.47 Å². The van der Waals surface area contributed by atoms with Crippen molar-refractivity contribution >= 4 is 21.6 Å². The van der Waals surface area contributed by atoms with Crippen molar-refractivity contribution in [3.63, 3.8) is 0 Å². The highest BCUT2D eigenvalue weighted by Crippen LogP contribution is 2.42. The predicted molar refractivity (Wildman–Crippen MR) is 79.4 cm³/mol. The summed E-state index contributed by atoms with van der Waals surface area (Å²) in [5.74, 6) is 1.49. The van der Waals surface area contributed by atoms with Crippen LogP contribution in [-0.2, 0) is 7.05 Å². The van der Waals surface area contributed by atoms with Crippen LogP contribution in [0.25, 0.3) is 0 Å². The molecule has 1 saturated carbocycles. The van der Waals surface area contributed by atoms with E-state index < -0.39 is 0 Å². The summed E-state index contributed by atoms with van der Waals surface area (Å²) >= 11 is 3.46.